The fourth-order valence-electron chi connectivity index (χ4n) is 7.34. The zero-order chi connectivity index (χ0) is 33.8. The summed E-state index contributed by atoms with van der Waals surface area (Å²) in [6, 6.07) is 58.0. The first-order valence-electron chi connectivity index (χ1n) is 16.3. The number of nitrogens with zero attached hydrogens (tertiary/aromatic N) is 5. The lowest BCUT2D eigenvalue weighted by Gasteiger charge is -2.16. The summed E-state index contributed by atoms with van der Waals surface area (Å²) in [6.45, 7) is 0. The molecule has 0 fully saturated rings. The number of fused-ring (bicyclic) bond motifs is 6. The van der Waals surface area contributed by atoms with Crippen LogP contribution in [0.3, 0.4) is 0 Å². The highest BCUT2D eigenvalue weighted by molar-refractivity contribution is 6.11. The number of hydrogen-bond donors (Lipinski definition) is 0. The smallest absolute Gasteiger partial charge is 0.0992 e. The summed E-state index contributed by atoms with van der Waals surface area (Å²) in [4.78, 5) is 0. The quantitative estimate of drug-likeness (QED) is 0.193. The van der Waals surface area contributed by atoms with Crippen LogP contribution in [0.4, 0.5) is 0 Å². The molecule has 0 saturated carbocycles. The first kappa shape index (κ1) is 28.8. The molecular formula is C45H25N5. The van der Waals surface area contributed by atoms with Crippen molar-refractivity contribution in [1.82, 2.24) is 9.13 Å². The number of nitriles is 3. The summed E-state index contributed by atoms with van der Waals surface area (Å²) in [5, 5.41) is 33.4. The van der Waals surface area contributed by atoms with E-state index in [1.807, 2.05) is 78.9 Å². The van der Waals surface area contributed by atoms with Gasteiger partial charge in [-0.15, -0.1) is 0 Å². The van der Waals surface area contributed by atoms with Gasteiger partial charge in [0.25, 0.3) is 0 Å². The Hall–Kier alpha value is -7.39. The van der Waals surface area contributed by atoms with Gasteiger partial charge in [-0.25, -0.2) is 0 Å². The molecule has 5 nitrogen and oxygen atoms in total. The summed E-state index contributed by atoms with van der Waals surface area (Å²) in [5.41, 5.74) is 12.0. The van der Waals surface area contributed by atoms with E-state index in [1.165, 1.54) is 0 Å². The molecule has 0 amide bonds. The van der Waals surface area contributed by atoms with E-state index >= 15 is 0 Å². The molecule has 0 radical (unpaired) electrons. The van der Waals surface area contributed by atoms with Gasteiger partial charge in [-0.2, -0.15) is 15.8 Å². The van der Waals surface area contributed by atoms with Crippen molar-refractivity contribution in [3.63, 3.8) is 0 Å². The van der Waals surface area contributed by atoms with E-state index in [4.69, 9.17) is 0 Å². The molecule has 9 aromatic rings. The number of para-hydroxylation sites is 2. The van der Waals surface area contributed by atoms with Crippen molar-refractivity contribution >= 4 is 43.6 Å². The first-order chi connectivity index (χ1) is 24.6. The van der Waals surface area contributed by atoms with Crippen LogP contribution in [0.1, 0.15) is 16.7 Å². The van der Waals surface area contributed by atoms with E-state index in [-0.39, 0.29) is 0 Å². The zero-order valence-electron chi connectivity index (χ0n) is 26.7. The number of aromatic nitrogens is 2. The molecule has 0 aliphatic heterocycles. The summed E-state index contributed by atoms with van der Waals surface area (Å²) >= 11 is 0. The van der Waals surface area contributed by atoms with Gasteiger partial charge in [-0.05, 0) is 95.6 Å². The second-order valence-electron chi connectivity index (χ2n) is 12.4. The molecule has 0 spiro atoms. The number of rotatable bonds is 4. The Morgan fingerprint density at radius 2 is 0.860 bits per heavy atom. The standard InChI is InChI=1S/C45H25N5/c46-26-29-16-19-43-39(21-29)37-11-1-3-13-41(37)49(43)35-10-6-8-33(25-35)32-7-5-9-34(24-32)36-18-15-31(28-48)23-45(36)50-42-14-4-2-12-38(42)40-22-30(27-47)17-20-44(40)50/h1-25H. The maximum absolute atomic E-state index is 9.96. The summed E-state index contributed by atoms with van der Waals surface area (Å²) in [7, 11) is 0. The average molecular weight is 636 g/mol. The van der Waals surface area contributed by atoms with Gasteiger partial charge in [0.15, 0.2) is 0 Å². The minimum atomic E-state index is 0.570. The highest BCUT2D eigenvalue weighted by Crippen LogP contribution is 2.39. The highest BCUT2D eigenvalue weighted by atomic mass is 15.0. The second kappa shape index (κ2) is 11.4. The monoisotopic (exact) mass is 635 g/mol. The van der Waals surface area contributed by atoms with Crippen LogP contribution in [0.2, 0.25) is 0 Å². The van der Waals surface area contributed by atoms with Crippen molar-refractivity contribution in [1.29, 1.82) is 15.8 Å². The molecule has 230 valence electrons. The van der Waals surface area contributed by atoms with Gasteiger partial charge in [0.2, 0.25) is 0 Å². The minimum absolute atomic E-state index is 0.570. The van der Waals surface area contributed by atoms with E-state index in [9.17, 15) is 15.8 Å². The average Bonchev–Trinajstić information content (AvgIpc) is 3.69. The van der Waals surface area contributed by atoms with E-state index in [1.54, 1.807) is 0 Å². The van der Waals surface area contributed by atoms with Crippen molar-refractivity contribution in [3.8, 4) is 51.8 Å². The fraction of sp³-hybridized carbons (Fsp3) is 0. The van der Waals surface area contributed by atoms with Crippen molar-refractivity contribution in [2.24, 2.45) is 0 Å². The molecule has 7 aromatic carbocycles. The van der Waals surface area contributed by atoms with Gasteiger partial charge < -0.3 is 9.13 Å². The third kappa shape index (κ3) is 4.45. The predicted octanol–water partition coefficient (Wildman–Crippen LogP) is 10.8. The molecule has 0 bridgehead atoms. The Balaban J connectivity index is 1.22. The topological polar surface area (TPSA) is 81.2 Å². The van der Waals surface area contributed by atoms with Crippen molar-refractivity contribution in [2.75, 3.05) is 0 Å². The number of hydrogen-bond acceptors (Lipinski definition) is 3. The molecule has 0 saturated heterocycles. The SMILES string of the molecule is N#Cc1ccc(-c2cccc(-c3cccc(-n4c5ccccc5c5cc(C#N)ccc54)c3)c2)c(-n2c3ccccc3c3cc(C#N)ccc32)c1. The van der Waals surface area contributed by atoms with Gasteiger partial charge >= 0.3 is 0 Å². The van der Waals surface area contributed by atoms with Crippen molar-refractivity contribution in [3.05, 3.63) is 168 Å². The molecule has 50 heavy (non-hydrogen) atoms. The Labute approximate surface area is 287 Å². The summed E-state index contributed by atoms with van der Waals surface area (Å²) in [6.07, 6.45) is 0. The summed E-state index contributed by atoms with van der Waals surface area (Å²) < 4.78 is 4.47. The van der Waals surface area contributed by atoms with Crippen molar-refractivity contribution < 1.29 is 0 Å². The maximum Gasteiger partial charge on any atom is 0.0992 e. The molecule has 0 N–H and O–H groups in total. The van der Waals surface area contributed by atoms with Gasteiger partial charge in [0.05, 0.1) is 62.7 Å². The number of benzene rings is 7. The van der Waals surface area contributed by atoms with E-state index in [2.05, 4.69) is 100 Å². The van der Waals surface area contributed by atoms with Gasteiger partial charge in [0, 0.05) is 32.8 Å². The van der Waals surface area contributed by atoms with Crippen LogP contribution in [0, 0.1) is 34.0 Å². The van der Waals surface area contributed by atoms with E-state index < -0.39 is 0 Å². The third-order valence-corrected chi connectivity index (χ3v) is 9.58. The van der Waals surface area contributed by atoms with Crippen LogP contribution in [0.5, 0.6) is 0 Å². The van der Waals surface area contributed by atoms with Gasteiger partial charge in [-0.3, -0.25) is 0 Å². The molecule has 0 aliphatic rings. The predicted molar refractivity (Wildman–Crippen MR) is 200 cm³/mol. The normalized spacial score (nSPS) is 11.1. The lowest BCUT2D eigenvalue weighted by Crippen LogP contribution is -1.98. The molecular weight excluding hydrogens is 611 g/mol. The van der Waals surface area contributed by atoms with Crippen LogP contribution in [0.15, 0.2) is 152 Å². The maximum atomic E-state index is 9.96. The molecule has 9 rings (SSSR count). The Morgan fingerprint density at radius 3 is 1.52 bits per heavy atom. The second-order valence-corrected chi connectivity index (χ2v) is 12.4. The zero-order valence-corrected chi connectivity index (χ0v) is 26.7. The van der Waals surface area contributed by atoms with Crippen LogP contribution >= 0.6 is 0 Å². The molecule has 0 unspecified atom stereocenters. The van der Waals surface area contributed by atoms with Crippen LogP contribution < -0.4 is 0 Å². The molecule has 2 aromatic heterocycles. The minimum Gasteiger partial charge on any atom is -0.309 e. The summed E-state index contributed by atoms with van der Waals surface area (Å²) in [5.74, 6) is 0. The van der Waals surface area contributed by atoms with Crippen LogP contribution in [-0.4, -0.2) is 9.13 Å². The molecule has 0 aliphatic carbocycles. The Morgan fingerprint density at radius 1 is 0.360 bits per heavy atom. The Bertz CT molecular complexity index is 2970. The largest absolute Gasteiger partial charge is 0.309 e. The highest BCUT2D eigenvalue weighted by Gasteiger charge is 2.18. The lowest BCUT2D eigenvalue weighted by atomic mass is 9.96. The fourth-order valence-corrected chi connectivity index (χ4v) is 7.34. The first-order valence-corrected chi connectivity index (χ1v) is 16.3. The van der Waals surface area contributed by atoms with Crippen LogP contribution in [0.25, 0.3) is 77.2 Å². The Kier molecular flexibility index (Phi) is 6.56. The molecule has 2 heterocycles. The third-order valence-electron chi connectivity index (χ3n) is 9.58. The van der Waals surface area contributed by atoms with Crippen molar-refractivity contribution in [2.45, 2.75) is 0 Å². The van der Waals surface area contributed by atoms with Gasteiger partial charge in [0.1, 0.15) is 0 Å². The van der Waals surface area contributed by atoms with Gasteiger partial charge in [-0.1, -0.05) is 72.8 Å². The molecule has 5 heteroatoms. The van der Waals surface area contributed by atoms with E-state index in [0.29, 0.717) is 16.7 Å². The van der Waals surface area contributed by atoms with Crippen LogP contribution in [-0.2, 0) is 0 Å². The lowest BCUT2D eigenvalue weighted by molar-refractivity contribution is 1.18. The molecule has 0 atom stereocenters. The van der Waals surface area contributed by atoms with E-state index in [0.717, 1.165) is 77.2 Å².